The van der Waals surface area contributed by atoms with Crippen LogP contribution in [0.15, 0.2) is 12.4 Å². The van der Waals surface area contributed by atoms with Gasteiger partial charge in [0.15, 0.2) is 0 Å². The predicted octanol–water partition coefficient (Wildman–Crippen LogP) is 0.449. The maximum Gasteiger partial charge on any atom is 0.109 e. The first kappa shape index (κ1) is 12.4. The van der Waals surface area contributed by atoms with E-state index in [-0.39, 0.29) is 5.25 Å². The number of aromatic nitrogens is 2. The molecule has 0 aromatic carbocycles. The Balaban J connectivity index is 2.37. The average molecular weight is 229 g/mol. The van der Waals surface area contributed by atoms with Crippen LogP contribution in [-0.2, 0) is 24.3 Å². The Morgan fingerprint density at radius 1 is 1.67 bits per heavy atom. The summed E-state index contributed by atoms with van der Waals surface area (Å²) < 4.78 is 13.7. The summed E-state index contributed by atoms with van der Waals surface area (Å²) in [6.07, 6.45) is 5.27. The highest BCUT2D eigenvalue weighted by Crippen LogP contribution is 2.04. The van der Waals surface area contributed by atoms with Crippen molar-refractivity contribution in [3.8, 4) is 0 Å². The van der Waals surface area contributed by atoms with Gasteiger partial charge in [-0.1, -0.05) is 6.92 Å². The van der Waals surface area contributed by atoms with E-state index in [9.17, 15) is 4.21 Å². The van der Waals surface area contributed by atoms with E-state index in [1.165, 1.54) is 0 Å². The first-order valence-electron chi connectivity index (χ1n) is 5.18. The Morgan fingerprint density at radius 2 is 2.40 bits per heavy atom. The highest BCUT2D eigenvalue weighted by Gasteiger charge is 2.11. The first-order valence-corrected chi connectivity index (χ1v) is 6.56. The number of aryl methyl sites for hydroxylation is 2. The van der Waals surface area contributed by atoms with E-state index in [1.807, 2.05) is 24.7 Å². The van der Waals surface area contributed by atoms with Crippen molar-refractivity contribution >= 4 is 10.8 Å². The number of rotatable bonds is 6. The van der Waals surface area contributed by atoms with Gasteiger partial charge in [-0.3, -0.25) is 4.21 Å². The molecule has 15 heavy (non-hydrogen) atoms. The fourth-order valence-corrected chi connectivity index (χ4v) is 2.58. The maximum atomic E-state index is 11.8. The summed E-state index contributed by atoms with van der Waals surface area (Å²) in [6.45, 7) is 2.59. The minimum absolute atomic E-state index is 0.190. The monoisotopic (exact) mass is 229 g/mol. The number of hydrogen-bond donors (Lipinski definition) is 1. The molecule has 2 unspecified atom stereocenters. The predicted molar refractivity (Wildman–Crippen MR) is 63.1 cm³/mol. The lowest BCUT2D eigenvalue weighted by Gasteiger charge is -2.09. The highest BCUT2D eigenvalue weighted by atomic mass is 32.2. The number of imidazole rings is 1. The largest absolute Gasteiger partial charge is 0.338 e. The molecule has 5 heteroatoms. The second-order valence-corrected chi connectivity index (χ2v) is 5.65. The van der Waals surface area contributed by atoms with Crippen LogP contribution in [0, 0.1) is 0 Å². The summed E-state index contributed by atoms with van der Waals surface area (Å²) >= 11 is 0. The van der Waals surface area contributed by atoms with Crippen LogP contribution in [0.1, 0.15) is 19.2 Å². The molecule has 0 fully saturated rings. The molecule has 1 aromatic rings. The normalized spacial score (nSPS) is 15.1. The topological polar surface area (TPSA) is 60.9 Å². The Labute approximate surface area is 93.3 Å². The van der Waals surface area contributed by atoms with Gasteiger partial charge in [0.05, 0.1) is 0 Å². The Kier molecular flexibility index (Phi) is 4.98. The van der Waals surface area contributed by atoms with Crippen LogP contribution in [0.25, 0.3) is 0 Å². The summed E-state index contributed by atoms with van der Waals surface area (Å²) in [7, 11) is 1.16. The Hall–Kier alpha value is -0.680. The second-order valence-electron chi connectivity index (χ2n) is 3.68. The fourth-order valence-electron chi connectivity index (χ4n) is 1.40. The Bertz CT molecular complexity index is 324. The van der Waals surface area contributed by atoms with E-state index in [1.54, 1.807) is 6.20 Å². The quantitative estimate of drug-likeness (QED) is 0.770. The van der Waals surface area contributed by atoms with E-state index in [2.05, 4.69) is 4.98 Å². The molecule has 2 atom stereocenters. The molecule has 1 aromatic heterocycles. The zero-order chi connectivity index (χ0) is 11.3. The lowest BCUT2D eigenvalue weighted by molar-refractivity contribution is 0.663. The van der Waals surface area contributed by atoms with Crippen LogP contribution in [0.2, 0.25) is 0 Å². The zero-order valence-electron chi connectivity index (χ0n) is 9.35. The van der Waals surface area contributed by atoms with E-state index >= 15 is 0 Å². The lowest BCUT2D eigenvalue weighted by Crippen LogP contribution is -2.19. The van der Waals surface area contributed by atoms with Gasteiger partial charge in [0, 0.05) is 47.7 Å². The van der Waals surface area contributed by atoms with Crippen LogP contribution in [0.3, 0.4) is 0 Å². The van der Waals surface area contributed by atoms with E-state index in [4.69, 9.17) is 5.73 Å². The molecule has 0 amide bonds. The van der Waals surface area contributed by atoms with Gasteiger partial charge in [0.25, 0.3) is 0 Å². The molecule has 1 rings (SSSR count). The molecule has 2 N–H and O–H groups in total. The van der Waals surface area contributed by atoms with Gasteiger partial charge in [-0.05, 0) is 13.0 Å². The molecule has 0 aliphatic heterocycles. The molecule has 0 saturated heterocycles. The van der Waals surface area contributed by atoms with Crippen LogP contribution < -0.4 is 5.73 Å². The van der Waals surface area contributed by atoms with Crippen molar-refractivity contribution in [3.05, 3.63) is 18.2 Å². The van der Waals surface area contributed by atoms with E-state index < -0.39 is 10.8 Å². The van der Waals surface area contributed by atoms with Crippen molar-refractivity contribution in [2.24, 2.45) is 12.8 Å². The Morgan fingerprint density at radius 3 is 2.93 bits per heavy atom. The summed E-state index contributed by atoms with van der Waals surface area (Å²) in [6, 6.07) is 0. The van der Waals surface area contributed by atoms with Crippen molar-refractivity contribution in [2.45, 2.75) is 25.0 Å². The molecule has 0 aliphatic rings. The molecule has 0 saturated carbocycles. The molecule has 0 radical (unpaired) electrons. The number of nitrogens with two attached hydrogens (primary N) is 1. The summed E-state index contributed by atoms with van der Waals surface area (Å²) in [5.74, 6) is 1.66. The zero-order valence-corrected chi connectivity index (χ0v) is 10.2. The van der Waals surface area contributed by atoms with Crippen molar-refractivity contribution in [2.75, 3.05) is 12.3 Å². The van der Waals surface area contributed by atoms with E-state index in [0.29, 0.717) is 12.3 Å². The smallest absolute Gasteiger partial charge is 0.109 e. The van der Waals surface area contributed by atoms with Crippen LogP contribution in [0.4, 0.5) is 0 Å². The van der Waals surface area contributed by atoms with Gasteiger partial charge < -0.3 is 10.3 Å². The molecule has 0 aliphatic carbocycles. The molecular formula is C10H19N3OS. The van der Waals surface area contributed by atoms with Crippen molar-refractivity contribution < 1.29 is 4.21 Å². The third-order valence-corrected chi connectivity index (χ3v) is 4.21. The fraction of sp³-hybridized carbons (Fsp3) is 0.700. The first-order chi connectivity index (χ1) is 7.15. The molecule has 86 valence electrons. The van der Waals surface area contributed by atoms with Gasteiger partial charge in [0.1, 0.15) is 5.82 Å². The van der Waals surface area contributed by atoms with Gasteiger partial charge in [0.2, 0.25) is 0 Å². The molecule has 4 nitrogen and oxygen atoms in total. The van der Waals surface area contributed by atoms with E-state index in [0.717, 1.165) is 18.7 Å². The summed E-state index contributed by atoms with van der Waals surface area (Å²) in [5.41, 5.74) is 5.43. The standard InChI is InChI=1S/C10H19N3OS/c1-9(3-5-11)15(14)8-4-10-12-6-7-13(10)2/h6-7,9H,3-5,8,11H2,1-2H3. The van der Waals surface area contributed by atoms with Gasteiger partial charge >= 0.3 is 0 Å². The minimum atomic E-state index is -0.791. The van der Waals surface area contributed by atoms with Crippen molar-refractivity contribution in [1.82, 2.24) is 9.55 Å². The SMILES string of the molecule is CC(CCN)S(=O)CCc1nccn1C. The average Bonchev–Trinajstić information content (AvgIpc) is 2.61. The maximum absolute atomic E-state index is 11.8. The van der Waals surface area contributed by atoms with Crippen molar-refractivity contribution in [1.29, 1.82) is 0 Å². The van der Waals surface area contributed by atoms with Gasteiger partial charge in [-0.2, -0.15) is 0 Å². The third-order valence-electron chi connectivity index (χ3n) is 2.47. The summed E-state index contributed by atoms with van der Waals surface area (Å²) in [5, 5.41) is 0.190. The third kappa shape index (κ3) is 3.76. The van der Waals surface area contributed by atoms with Gasteiger partial charge in [-0.25, -0.2) is 4.98 Å². The van der Waals surface area contributed by atoms with Gasteiger partial charge in [-0.15, -0.1) is 0 Å². The second kappa shape index (κ2) is 6.02. The molecule has 1 heterocycles. The molecular weight excluding hydrogens is 210 g/mol. The van der Waals surface area contributed by atoms with Crippen LogP contribution in [0.5, 0.6) is 0 Å². The van der Waals surface area contributed by atoms with Crippen molar-refractivity contribution in [3.63, 3.8) is 0 Å². The minimum Gasteiger partial charge on any atom is -0.338 e. The number of nitrogens with zero attached hydrogens (tertiary/aromatic N) is 2. The van der Waals surface area contributed by atoms with Crippen LogP contribution >= 0.6 is 0 Å². The highest BCUT2D eigenvalue weighted by molar-refractivity contribution is 7.85. The summed E-state index contributed by atoms with van der Waals surface area (Å²) in [4.78, 5) is 4.20. The molecule has 0 spiro atoms. The lowest BCUT2D eigenvalue weighted by atomic mass is 10.3. The number of hydrogen-bond acceptors (Lipinski definition) is 3. The van der Waals surface area contributed by atoms with Crippen LogP contribution in [-0.4, -0.2) is 31.3 Å². The molecule has 0 bridgehead atoms.